The number of nitrogens with two attached hydrogens (primary N) is 1. The summed E-state index contributed by atoms with van der Waals surface area (Å²) in [6, 6.07) is 3.51. The van der Waals surface area contributed by atoms with E-state index in [0.29, 0.717) is 5.69 Å². The summed E-state index contributed by atoms with van der Waals surface area (Å²) < 4.78 is 0.953. The minimum Gasteiger partial charge on any atom is -0.506 e. The van der Waals surface area contributed by atoms with Gasteiger partial charge in [-0.15, -0.1) is 11.3 Å². The molecule has 0 radical (unpaired) electrons. The number of hydrogen-bond acceptors (Lipinski definition) is 3. The topological polar surface area (TPSA) is 46.2 Å². The summed E-state index contributed by atoms with van der Waals surface area (Å²) in [5, 5.41) is 12.4. The highest BCUT2D eigenvalue weighted by Crippen LogP contribution is 2.38. The lowest BCUT2D eigenvalue weighted by Crippen LogP contribution is -1.86. The van der Waals surface area contributed by atoms with Crippen LogP contribution in [-0.2, 0) is 0 Å². The van der Waals surface area contributed by atoms with Crippen LogP contribution >= 0.6 is 22.9 Å². The number of phenols is 1. The standard InChI is InChI=1S/C8H6ClNOS/c9-7-5(11)3-6-4(8(7)10)1-2-12-6/h1-3,11H,10H2. The molecule has 0 amide bonds. The molecule has 0 saturated heterocycles. The predicted molar refractivity (Wildman–Crippen MR) is 52.9 cm³/mol. The van der Waals surface area contributed by atoms with Gasteiger partial charge in [-0.3, -0.25) is 0 Å². The van der Waals surface area contributed by atoms with Crippen LogP contribution in [0.25, 0.3) is 10.1 Å². The summed E-state index contributed by atoms with van der Waals surface area (Å²) in [5.41, 5.74) is 6.13. The Morgan fingerprint density at radius 1 is 1.50 bits per heavy atom. The molecule has 3 N–H and O–H groups in total. The molecule has 0 unspecified atom stereocenters. The van der Waals surface area contributed by atoms with Crippen molar-refractivity contribution in [1.82, 2.24) is 0 Å². The minimum atomic E-state index is 0.0455. The van der Waals surface area contributed by atoms with Crippen LogP contribution in [0.2, 0.25) is 5.02 Å². The molecule has 4 heteroatoms. The van der Waals surface area contributed by atoms with Crippen molar-refractivity contribution in [1.29, 1.82) is 0 Å². The Morgan fingerprint density at radius 2 is 2.25 bits per heavy atom. The summed E-state index contributed by atoms with van der Waals surface area (Å²) in [6.07, 6.45) is 0. The zero-order valence-electron chi connectivity index (χ0n) is 6.04. The van der Waals surface area contributed by atoms with E-state index in [0.717, 1.165) is 10.1 Å². The van der Waals surface area contributed by atoms with Crippen molar-refractivity contribution in [3.05, 3.63) is 22.5 Å². The monoisotopic (exact) mass is 199 g/mol. The van der Waals surface area contributed by atoms with Crippen molar-refractivity contribution >= 4 is 38.7 Å². The first kappa shape index (κ1) is 7.71. The van der Waals surface area contributed by atoms with Gasteiger partial charge in [0.2, 0.25) is 0 Å². The van der Waals surface area contributed by atoms with Gasteiger partial charge in [-0.1, -0.05) is 11.6 Å². The number of benzene rings is 1. The molecule has 2 rings (SSSR count). The van der Waals surface area contributed by atoms with Gasteiger partial charge in [0.15, 0.2) is 0 Å². The SMILES string of the molecule is Nc1c(Cl)c(O)cc2sccc12. The molecule has 0 fully saturated rings. The summed E-state index contributed by atoms with van der Waals surface area (Å²) in [4.78, 5) is 0. The van der Waals surface area contributed by atoms with Crippen molar-refractivity contribution in [2.45, 2.75) is 0 Å². The number of rotatable bonds is 0. The highest BCUT2D eigenvalue weighted by Gasteiger charge is 2.08. The molecule has 2 aromatic rings. The highest BCUT2D eigenvalue weighted by atomic mass is 35.5. The third-order valence-corrected chi connectivity index (χ3v) is 2.98. The smallest absolute Gasteiger partial charge is 0.137 e. The Kier molecular flexibility index (Phi) is 1.63. The average molecular weight is 200 g/mol. The fourth-order valence-corrected chi connectivity index (χ4v) is 2.09. The Hall–Kier alpha value is -0.930. The summed E-state index contributed by atoms with van der Waals surface area (Å²) >= 11 is 7.27. The van der Waals surface area contributed by atoms with Crippen molar-refractivity contribution in [2.75, 3.05) is 5.73 Å². The van der Waals surface area contributed by atoms with Crippen LogP contribution in [0.3, 0.4) is 0 Å². The maximum atomic E-state index is 9.31. The van der Waals surface area contributed by atoms with E-state index < -0.39 is 0 Å². The number of nitrogen functional groups attached to an aromatic ring is 1. The minimum absolute atomic E-state index is 0.0455. The largest absolute Gasteiger partial charge is 0.506 e. The van der Waals surface area contributed by atoms with Crippen molar-refractivity contribution in [3.63, 3.8) is 0 Å². The fraction of sp³-hybridized carbons (Fsp3) is 0. The zero-order chi connectivity index (χ0) is 8.72. The molecule has 0 saturated carbocycles. The van der Waals surface area contributed by atoms with Gasteiger partial charge in [0, 0.05) is 10.1 Å². The van der Waals surface area contributed by atoms with E-state index in [1.165, 1.54) is 11.3 Å². The van der Waals surface area contributed by atoms with Crippen LogP contribution in [0.15, 0.2) is 17.5 Å². The Balaban J connectivity index is 2.94. The number of fused-ring (bicyclic) bond motifs is 1. The molecular weight excluding hydrogens is 194 g/mol. The van der Waals surface area contributed by atoms with Gasteiger partial charge in [-0.2, -0.15) is 0 Å². The van der Waals surface area contributed by atoms with Gasteiger partial charge in [0.05, 0.1) is 5.69 Å². The molecule has 62 valence electrons. The van der Waals surface area contributed by atoms with Crippen LogP contribution in [0, 0.1) is 0 Å². The first-order valence-electron chi connectivity index (χ1n) is 3.34. The van der Waals surface area contributed by atoms with Crippen LogP contribution in [-0.4, -0.2) is 5.11 Å². The normalized spacial score (nSPS) is 10.8. The lowest BCUT2D eigenvalue weighted by Gasteiger charge is -2.01. The molecule has 0 aliphatic heterocycles. The number of aromatic hydroxyl groups is 1. The lowest BCUT2D eigenvalue weighted by atomic mass is 10.2. The van der Waals surface area contributed by atoms with Crippen molar-refractivity contribution < 1.29 is 5.11 Å². The Labute approximate surface area is 78.2 Å². The predicted octanol–water partition coefficient (Wildman–Crippen LogP) is 2.84. The van der Waals surface area contributed by atoms with E-state index in [4.69, 9.17) is 17.3 Å². The van der Waals surface area contributed by atoms with Crippen LogP contribution in [0.4, 0.5) is 5.69 Å². The summed E-state index contributed by atoms with van der Waals surface area (Å²) in [6.45, 7) is 0. The third kappa shape index (κ3) is 0.940. The van der Waals surface area contributed by atoms with Gasteiger partial charge in [0.25, 0.3) is 0 Å². The Bertz CT molecular complexity index is 438. The van der Waals surface area contributed by atoms with Gasteiger partial charge in [-0.25, -0.2) is 0 Å². The highest BCUT2D eigenvalue weighted by molar-refractivity contribution is 7.17. The molecule has 0 aliphatic carbocycles. The maximum Gasteiger partial charge on any atom is 0.137 e. The van der Waals surface area contributed by atoms with Crippen LogP contribution in [0.1, 0.15) is 0 Å². The van der Waals surface area contributed by atoms with Crippen LogP contribution in [0.5, 0.6) is 5.75 Å². The first-order chi connectivity index (χ1) is 5.70. The van der Waals surface area contributed by atoms with E-state index in [-0.39, 0.29) is 10.8 Å². The van der Waals surface area contributed by atoms with E-state index in [1.54, 1.807) is 6.07 Å². The second kappa shape index (κ2) is 2.54. The number of halogens is 1. The van der Waals surface area contributed by atoms with Gasteiger partial charge in [0.1, 0.15) is 10.8 Å². The molecule has 0 bridgehead atoms. The van der Waals surface area contributed by atoms with Gasteiger partial charge >= 0.3 is 0 Å². The molecule has 1 aromatic carbocycles. The van der Waals surface area contributed by atoms with E-state index in [9.17, 15) is 5.11 Å². The molecule has 1 heterocycles. The number of thiophene rings is 1. The average Bonchev–Trinajstić information content (AvgIpc) is 2.48. The maximum absolute atomic E-state index is 9.31. The second-order valence-corrected chi connectivity index (χ2v) is 3.78. The van der Waals surface area contributed by atoms with Gasteiger partial charge in [-0.05, 0) is 17.5 Å². The zero-order valence-corrected chi connectivity index (χ0v) is 7.62. The fourth-order valence-electron chi connectivity index (χ4n) is 1.10. The quantitative estimate of drug-likeness (QED) is 0.641. The van der Waals surface area contributed by atoms with Gasteiger partial charge < -0.3 is 10.8 Å². The molecule has 0 aliphatic rings. The lowest BCUT2D eigenvalue weighted by molar-refractivity contribution is 0.477. The summed E-state index contributed by atoms with van der Waals surface area (Å²) in [5.74, 6) is 0.0455. The number of hydrogen-bond donors (Lipinski definition) is 2. The van der Waals surface area contributed by atoms with Crippen LogP contribution < -0.4 is 5.73 Å². The first-order valence-corrected chi connectivity index (χ1v) is 4.60. The van der Waals surface area contributed by atoms with E-state index in [2.05, 4.69) is 0 Å². The van der Waals surface area contributed by atoms with E-state index >= 15 is 0 Å². The van der Waals surface area contributed by atoms with Crippen molar-refractivity contribution in [3.8, 4) is 5.75 Å². The third-order valence-electron chi connectivity index (χ3n) is 1.71. The number of anilines is 1. The molecule has 0 spiro atoms. The molecule has 0 atom stereocenters. The van der Waals surface area contributed by atoms with E-state index in [1.807, 2.05) is 11.4 Å². The Morgan fingerprint density at radius 3 is 3.00 bits per heavy atom. The molecule has 1 aromatic heterocycles. The summed E-state index contributed by atoms with van der Waals surface area (Å²) in [7, 11) is 0. The number of phenolic OH excluding ortho intramolecular Hbond substituents is 1. The molecule has 2 nitrogen and oxygen atoms in total. The van der Waals surface area contributed by atoms with Crippen molar-refractivity contribution in [2.24, 2.45) is 0 Å². The second-order valence-electron chi connectivity index (χ2n) is 2.46. The molecular formula is C8H6ClNOS. The molecule has 12 heavy (non-hydrogen) atoms.